The molecule has 1 aromatic carbocycles. The molecule has 1 heterocycles. The van der Waals surface area contributed by atoms with Gasteiger partial charge in [-0.3, -0.25) is 0 Å². The van der Waals surface area contributed by atoms with Crippen LogP contribution in [0.25, 0.3) is 11.3 Å². The van der Waals surface area contributed by atoms with Crippen molar-refractivity contribution in [3.63, 3.8) is 0 Å². The number of halogens is 2. The molecule has 0 bridgehead atoms. The first kappa shape index (κ1) is 11.0. The number of nitrogens with zero attached hydrogens (tertiary/aromatic N) is 1. The summed E-state index contributed by atoms with van der Waals surface area (Å²) in [6, 6.07) is 9.30. The number of hydrogen-bond acceptors (Lipinski definition) is 2. The topological polar surface area (TPSA) is 33.1 Å². The van der Waals surface area contributed by atoms with E-state index in [4.69, 9.17) is 16.7 Å². The van der Waals surface area contributed by atoms with E-state index in [1.807, 2.05) is 0 Å². The van der Waals surface area contributed by atoms with Gasteiger partial charge in [-0.15, -0.1) is 0 Å². The van der Waals surface area contributed by atoms with Crippen LogP contribution in [0.5, 0.6) is 0 Å². The van der Waals surface area contributed by atoms with Crippen molar-refractivity contribution in [1.82, 2.24) is 4.98 Å². The number of aromatic nitrogens is 1. The zero-order valence-electron chi connectivity index (χ0n) is 8.32. The number of benzene rings is 1. The summed E-state index contributed by atoms with van der Waals surface area (Å²) in [7, 11) is 0. The quantitative estimate of drug-likeness (QED) is 0.815. The van der Waals surface area contributed by atoms with Crippen molar-refractivity contribution in [2.24, 2.45) is 0 Å². The molecule has 4 heteroatoms. The molecule has 0 fully saturated rings. The fourth-order valence-electron chi connectivity index (χ4n) is 1.48. The van der Waals surface area contributed by atoms with Crippen LogP contribution in [-0.4, -0.2) is 10.1 Å². The van der Waals surface area contributed by atoms with E-state index in [1.54, 1.807) is 24.3 Å². The predicted octanol–water partition coefficient (Wildman–Crippen LogP) is 3.03. The standard InChI is InChI=1S/C12H9ClFNO/c13-11-5-4-9(7-16)12(15-11)8-2-1-3-10(14)6-8/h1-6,16H,7H2. The van der Waals surface area contributed by atoms with Gasteiger partial charge in [-0.1, -0.05) is 29.8 Å². The van der Waals surface area contributed by atoms with Crippen LogP contribution < -0.4 is 0 Å². The lowest BCUT2D eigenvalue weighted by Crippen LogP contribution is -1.93. The Kier molecular flexibility index (Phi) is 3.17. The predicted molar refractivity (Wildman–Crippen MR) is 60.6 cm³/mol. The lowest BCUT2D eigenvalue weighted by atomic mass is 10.1. The first-order valence-electron chi connectivity index (χ1n) is 4.73. The summed E-state index contributed by atoms with van der Waals surface area (Å²) >= 11 is 5.78. The lowest BCUT2D eigenvalue weighted by Gasteiger charge is -2.06. The van der Waals surface area contributed by atoms with Crippen LogP contribution in [0.15, 0.2) is 36.4 Å². The average Bonchev–Trinajstić information content (AvgIpc) is 2.29. The van der Waals surface area contributed by atoms with Crippen LogP contribution in [0.3, 0.4) is 0 Å². The second kappa shape index (κ2) is 4.60. The largest absolute Gasteiger partial charge is 0.392 e. The highest BCUT2D eigenvalue weighted by Gasteiger charge is 2.07. The normalized spacial score (nSPS) is 10.4. The van der Waals surface area contributed by atoms with Crippen LogP contribution in [0.4, 0.5) is 4.39 Å². The number of aliphatic hydroxyl groups excluding tert-OH is 1. The first-order valence-corrected chi connectivity index (χ1v) is 5.10. The zero-order chi connectivity index (χ0) is 11.5. The monoisotopic (exact) mass is 237 g/mol. The molecule has 0 amide bonds. The maximum absolute atomic E-state index is 13.1. The van der Waals surface area contributed by atoms with E-state index in [-0.39, 0.29) is 12.4 Å². The maximum atomic E-state index is 13.1. The summed E-state index contributed by atoms with van der Waals surface area (Å²) in [4.78, 5) is 4.09. The van der Waals surface area contributed by atoms with Crippen LogP contribution in [0, 0.1) is 5.82 Å². The summed E-state index contributed by atoms with van der Waals surface area (Å²) < 4.78 is 13.1. The van der Waals surface area contributed by atoms with Crippen molar-refractivity contribution in [1.29, 1.82) is 0 Å². The van der Waals surface area contributed by atoms with Crippen LogP contribution >= 0.6 is 11.6 Å². The second-order valence-electron chi connectivity index (χ2n) is 3.31. The molecule has 16 heavy (non-hydrogen) atoms. The summed E-state index contributed by atoms with van der Waals surface area (Å²) in [5.41, 5.74) is 1.73. The van der Waals surface area contributed by atoms with Crippen molar-refractivity contribution >= 4 is 11.6 Å². The van der Waals surface area contributed by atoms with E-state index in [2.05, 4.69) is 4.98 Å². The van der Waals surface area contributed by atoms with Gasteiger partial charge >= 0.3 is 0 Å². The van der Waals surface area contributed by atoms with E-state index < -0.39 is 0 Å². The zero-order valence-corrected chi connectivity index (χ0v) is 9.08. The van der Waals surface area contributed by atoms with E-state index in [0.29, 0.717) is 22.0 Å². The van der Waals surface area contributed by atoms with Crippen molar-refractivity contribution in [3.8, 4) is 11.3 Å². The van der Waals surface area contributed by atoms with Crippen molar-refractivity contribution in [3.05, 3.63) is 52.9 Å². The first-order chi connectivity index (χ1) is 7.70. The average molecular weight is 238 g/mol. The molecule has 0 aliphatic heterocycles. The molecule has 0 unspecified atom stereocenters. The number of pyridine rings is 1. The van der Waals surface area contributed by atoms with Crippen molar-refractivity contribution in [2.75, 3.05) is 0 Å². The maximum Gasteiger partial charge on any atom is 0.129 e. The van der Waals surface area contributed by atoms with Gasteiger partial charge in [-0.05, 0) is 18.2 Å². The Morgan fingerprint density at radius 2 is 2.06 bits per heavy atom. The number of hydrogen-bond donors (Lipinski definition) is 1. The molecule has 0 radical (unpaired) electrons. The molecule has 2 aromatic rings. The fourth-order valence-corrected chi connectivity index (χ4v) is 1.62. The van der Waals surface area contributed by atoms with E-state index in [1.165, 1.54) is 12.1 Å². The smallest absolute Gasteiger partial charge is 0.129 e. The SMILES string of the molecule is OCc1ccc(Cl)nc1-c1cccc(F)c1. The Labute approximate surface area is 97.3 Å². The van der Waals surface area contributed by atoms with E-state index in [0.717, 1.165) is 0 Å². The lowest BCUT2D eigenvalue weighted by molar-refractivity contribution is 0.282. The minimum atomic E-state index is -0.344. The third kappa shape index (κ3) is 2.21. The van der Waals surface area contributed by atoms with Gasteiger partial charge in [0.1, 0.15) is 11.0 Å². The van der Waals surface area contributed by atoms with Gasteiger partial charge in [0.25, 0.3) is 0 Å². The number of aliphatic hydroxyl groups is 1. The molecular formula is C12H9ClFNO. The van der Waals surface area contributed by atoms with Crippen LogP contribution in [0.1, 0.15) is 5.56 Å². The summed E-state index contributed by atoms with van der Waals surface area (Å²) in [5, 5.41) is 9.48. The highest BCUT2D eigenvalue weighted by Crippen LogP contribution is 2.24. The number of rotatable bonds is 2. The fraction of sp³-hybridized carbons (Fsp3) is 0.0833. The molecule has 0 spiro atoms. The molecular weight excluding hydrogens is 229 g/mol. The molecule has 1 aromatic heterocycles. The second-order valence-corrected chi connectivity index (χ2v) is 3.70. The minimum Gasteiger partial charge on any atom is -0.392 e. The molecule has 0 aliphatic carbocycles. The summed E-state index contributed by atoms with van der Waals surface area (Å²) in [6.07, 6.45) is 0. The third-order valence-electron chi connectivity index (χ3n) is 2.21. The van der Waals surface area contributed by atoms with Gasteiger partial charge in [0, 0.05) is 11.1 Å². The molecule has 0 aliphatic rings. The van der Waals surface area contributed by atoms with Gasteiger partial charge in [0.2, 0.25) is 0 Å². The highest BCUT2D eigenvalue weighted by atomic mass is 35.5. The van der Waals surface area contributed by atoms with Crippen molar-refractivity contribution in [2.45, 2.75) is 6.61 Å². The third-order valence-corrected chi connectivity index (χ3v) is 2.42. The Morgan fingerprint density at radius 1 is 1.25 bits per heavy atom. The van der Waals surface area contributed by atoms with Gasteiger partial charge in [0.05, 0.1) is 12.3 Å². The van der Waals surface area contributed by atoms with Crippen LogP contribution in [-0.2, 0) is 6.61 Å². The minimum absolute atomic E-state index is 0.157. The Balaban J connectivity index is 2.58. The Bertz CT molecular complexity index is 516. The highest BCUT2D eigenvalue weighted by molar-refractivity contribution is 6.29. The van der Waals surface area contributed by atoms with Gasteiger partial charge in [-0.25, -0.2) is 9.37 Å². The Hall–Kier alpha value is -1.45. The Morgan fingerprint density at radius 3 is 2.75 bits per heavy atom. The van der Waals surface area contributed by atoms with E-state index >= 15 is 0 Å². The van der Waals surface area contributed by atoms with Crippen molar-refractivity contribution < 1.29 is 9.50 Å². The summed E-state index contributed by atoms with van der Waals surface area (Å²) in [6.45, 7) is -0.157. The molecule has 0 atom stereocenters. The van der Waals surface area contributed by atoms with Gasteiger partial charge in [0.15, 0.2) is 0 Å². The van der Waals surface area contributed by atoms with Crippen LogP contribution in [0.2, 0.25) is 5.15 Å². The molecule has 2 nitrogen and oxygen atoms in total. The molecule has 82 valence electrons. The molecule has 0 saturated carbocycles. The summed E-state index contributed by atoms with van der Waals surface area (Å²) in [5.74, 6) is -0.344. The van der Waals surface area contributed by atoms with Gasteiger partial charge < -0.3 is 5.11 Å². The van der Waals surface area contributed by atoms with E-state index in [9.17, 15) is 4.39 Å². The molecule has 1 N–H and O–H groups in total. The molecule has 2 rings (SSSR count). The van der Waals surface area contributed by atoms with Gasteiger partial charge in [-0.2, -0.15) is 0 Å². The molecule has 0 saturated heterocycles.